The Hall–Kier alpha value is -2.75. The van der Waals surface area contributed by atoms with E-state index in [2.05, 4.69) is 23.4 Å². The lowest BCUT2D eigenvalue weighted by Gasteiger charge is -2.09. The fourth-order valence-corrected chi connectivity index (χ4v) is 2.77. The van der Waals surface area contributed by atoms with Crippen LogP contribution in [0.25, 0.3) is 21.9 Å². The lowest BCUT2D eigenvalue weighted by atomic mass is 9.98. The van der Waals surface area contributed by atoms with Crippen molar-refractivity contribution in [1.82, 2.24) is 0 Å². The SMILES string of the molecule is C=CCCc1ccc2cc(-c3ccc(OC(F)F)c(F)c3)ccc2c1. The van der Waals surface area contributed by atoms with Crippen molar-refractivity contribution in [3.8, 4) is 16.9 Å². The van der Waals surface area contributed by atoms with Crippen LogP contribution in [0.3, 0.4) is 0 Å². The summed E-state index contributed by atoms with van der Waals surface area (Å²) in [7, 11) is 0. The largest absolute Gasteiger partial charge is 0.432 e. The smallest absolute Gasteiger partial charge is 0.387 e. The van der Waals surface area contributed by atoms with Crippen molar-refractivity contribution in [2.45, 2.75) is 19.5 Å². The second-order valence-electron chi connectivity index (χ2n) is 5.75. The molecule has 1 nitrogen and oxygen atoms in total. The molecule has 0 heterocycles. The number of benzene rings is 3. The van der Waals surface area contributed by atoms with Crippen LogP contribution in [-0.4, -0.2) is 6.61 Å². The summed E-state index contributed by atoms with van der Waals surface area (Å²) < 4.78 is 42.5. The van der Waals surface area contributed by atoms with Gasteiger partial charge in [0.15, 0.2) is 11.6 Å². The highest BCUT2D eigenvalue weighted by molar-refractivity contribution is 5.88. The van der Waals surface area contributed by atoms with Gasteiger partial charge in [0, 0.05) is 0 Å². The summed E-state index contributed by atoms with van der Waals surface area (Å²) in [6, 6.07) is 16.0. The van der Waals surface area contributed by atoms with Gasteiger partial charge in [-0.2, -0.15) is 8.78 Å². The highest BCUT2D eigenvalue weighted by atomic mass is 19.3. The number of rotatable bonds is 6. The maximum absolute atomic E-state index is 13.9. The predicted molar refractivity (Wildman–Crippen MR) is 94.5 cm³/mol. The molecule has 0 radical (unpaired) electrons. The molecule has 0 saturated heterocycles. The number of halogens is 3. The van der Waals surface area contributed by atoms with Gasteiger partial charge in [0.05, 0.1) is 0 Å². The summed E-state index contributed by atoms with van der Waals surface area (Å²) in [4.78, 5) is 0. The van der Waals surface area contributed by atoms with Crippen molar-refractivity contribution in [2.24, 2.45) is 0 Å². The van der Waals surface area contributed by atoms with Crippen molar-refractivity contribution in [3.05, 3.63) is 78.6 Å². The van der Waals surface area contributed by atoms with Crippen LogP contribution in [0, 0.1) is 5.82 Å². The molecule has 0 N–H and O–H groups in total. The Morgan fingerprint density at radius 1 is 0.920 bits per heavy atom. The van der Waals surface area contributed by atoms with E-state index in [1.807, 2.05) is 30.3 Å². The minimum absolute atomic E-state index is 0.452. The van der Waals surface area contributed by atoms with Crippen LogP contribution in [0.15, 0.2) is 67.3 Å². The van der Waals surface area contributed by atoms with Gasteiger partial charge in [-0.25, -0.2) is 4.39 Å². The second-order valence-corrected chi connectivity index (χ2v) is 5.75. The quantitative estimate of drug-likeness (QED) is 0.473. The van der Waals surface area contributed by atoms with Crippen LogP contribution in [0.2, 0.25) is 0 Å². The first-order chi connectivity index (χ1) is 12.1. The van der Waals surface area contributed by atoms with Crippen LogP contribution in [0.1, 0.15) is 12.0 Å². The van der Waals surface area contributed by atoms with Crippen LogP contribution in [-0.2, 0) is 6.42 Å². The van der Waals surface area contributed by atoms with Crippen molar-refractivity contribution in [2.75, 3.05) is 0 Å². The van der Waals surface area contributed by atoms with Crippen molar-refractivity contribution < 1.29 is 17.9 Å². The summed E-state index contributed by atoms with van der Waals surface area (Å²) in [6.45, 7) is 0.686. The van der Waals surface area contributed by atoms with Crippen molar-refractivity contribution >= 4 is 10.8 Å². The van der Waals surface area contributed by atoms with E-state index in [0.29, 0.717) is 5.56 Å². The minimum Gasteiger partial charge on any atom is -0.432 e. The zero-order valence-corrected chi connectivity index (χ0v) is 13.5. The van der Waals surface area contributed by atoms with E-state index >= 15 is 0 Å². The van der Waals surface area contributed by atoms with E-state index in [4.69, 9.17) is 0 Å². The van der Waals surface area contributed by atoms with Crippen LogP contribution in [0.5, 0.6) is 5.75 Å². The molecular formula is C21H17F3O. The first kappa shape index (κ1) is 17.1. The zero-order chi connectivity index (χ0) is 17.8. The molecule has 3 aromatic rings. The molecule has 0 spiro atoms. The summed E-state index contributed by atoms with van der Waals surface area (Å²) in [5, 5.41) is 2.14. The number of allylic oxidation sites excluding steroid dienone is 1. The van der Waals surface area contributed by atoms with E-state index in [9.17, 15) is 13.2 Å². The Morgan fingerprint density at radius 2 is 1.60 bits per heavy atom. The summed E-state index contributed by atoms with van der Waals surface area (Å²) in [6.07, 6.45) is 3.76. The lowest BCUT2D eigenvalue weighted by Crippen LogP contribution is -2.03. The average molecular weight is 342 g/mol. The van der Waals surface area contributed by atoms with Gasteiger partial charge in [0.25, 0.3) is 0 Å². The Kier molecular flexibility index (Phi) is 5.08. The van der Waals surface area contributed by atoms with E-state index in [1.165, 1.54) is 17.7 Å². The molecule has 0 unspecified atom stereocenters. The van der Waals surface area contributed by atoms with Gasteiger partial charge >= 0.3 is 6.61 Å². The second kappa shape index (κ2) is 7.43. The van der Waals surface area contributed by atoms with Crippen LogP contribution < -0.4 is 4.74 Å². The monoisotopic (exact) mass is 342 g/mol. The molecule has 0 atom stereocenters. The topological polar surface area (TPSA) is 9.23 Å². The molecular weight excluding hydrogens is 325 g/mol. The van der Waals surface area contributed by atoms with Gasteiger partial charge < -0.3 is 4.74 Å². The van der Waals surface area contributed by atoms with E-state index in [0.717, 1.165) is 29.2 Å². The normalized spacial score (nSPS) is 11.0. The number of ether oxygens (including phenoxy) is 1. The number of alkyl halides is 2. The van der Waals surface area contributed by atoms with Crippen LogP contribution in [0.4, 0.5) is 13.2 Å². The maximum atomic E-state index is 13.9. The van der Waals surface area contributed by atoms with Gasteiger partial charge in [-0.3, -0.25) is 0 Å². The standard InChI is InChI=1S/C21H17F3O/c1-2-3-4-14-5-6-16-12-17(8-7-15(16)11-14)18-9-10-20(19(22)13-18)25-21(23)24/h2,5-13,21H,1,3-4H2. The summed E-state index contributed by atoms with van der Waals surface area (Å²) in [5.74, 6) is -1.26. The van der Waals surface area contributed by atoms with Gasteiger partial charge in [-0.1, -0.05) is 42.5 Å². The molecule has 4 heteroatoms. The molecule has 128 valence electrons. The fraction of sp³-hybridized carbons (Fsp3) is 0.143. The minimum atomic E-state index is -3.05. The summed E-state index contributed by atoms with van der Waals surface area (Å²) >= 11 is 0. The molecule has 3 aromatic carbocycles. The molecule has 0 amide bonds. The molecule has 0 saturated carbocycles. The first-order valence-corrected chi connectivity index (χ1v) is 7.95. The highest BCUT2D eigenvalue weighted by Crippen LogP contribution is 2.29. The third kappa shape index (κ3) is 4.02. The Balaban J connectivity index is 1.91. The molecule has 0 bridgehead atoms. The average Bonchev–Trinajstić information content (AvgIpc) is 2.60. The molecule has 0 aromatic heterocycles. The number of hydrogen-bond acceptors (Lipinski definition) is 1. The molecule has 3 rings (SSSR count). The van der Waals surface area contributed by atoms with Crippen molar-refractivity contribution in [3.63, 3.8) is 0 Å². The Bertz CT molecular complexity index is 903. The maximum Gasteiger partial charge on any atom is 0.387 e. The Morgan fingerprint density at radius 3 is 2.32 bits per heavy atom. The Labute approximate surface area is 144 Å². The number of fused-ring (bicyclic) bond motifs is 1. The van der Waals surface area contributed by atoms with E-state index in [1.54, 1.807) is 6.07 Å². The zero-order valence-electron chi connectivity index (χ0n) is 13.5. The molecule has 0 aliphatic carbocycles. The van der Waals surface area contributed by atoms with Gasteiger partial charge in [0.1, 0.15) is 0 Å². The van der Waals surface area contributed by atoms with Crippen LogP contribution >= 0.6 is 0 Å². The first-order valence-electron chi connectivity index (χ1n) is 7.95. The van der Waals surface area contributed by atoms with Gasteiger partial charge in [-0.05, 0) is 58.5 Å². The van der Waals surface area contributed by atoms with Gasteiger partial charge in [0.2, 0.25) is 0 Å². The van der Waals surface area contributed by atoms with Crippen molar-refractivity contribution in [1.29, 1.82) is 0 Å². The lowest BCUT2D eigenvalue weighted by molar-refractivity contribution is -0.0521. The van der Waals surface area contributed by atoms with E-state index in [-0.39, 0.29) is 0 Å². The summed E-state index contributed by atoms with van der Waals surface area (Å²) in [5.41, 5.74) is 2.66. The molecule has 0 fully saturated rings. The number of aryl methyl sites for hydroxylation is 1. The fourth-order valence-electron chi connectivity index (χ4n) is 2.77. The molecule has 0 aliphatic heterocycles. The highest BCUT2D eigenvalue weighted by Gasteiger charge is 2.11. The molecule has 25 heavy (non-hydrogen) atoms. The van der Waals surface area contributed by atoms with Gasteiger partial charge in [-0.15, -0.1) is 6.58 Å². The predicted octanol–water partition coefficient (Wildman–Crippen LogP) is 6.37. The number of hydrogen-bond donors (Lipinski definition) is 0. The third-order valence-corrected chi connectivity index (χ3v) is 4.02. The third-order valence-electron chi connectivity index (χ3n) is 4.02. The molecule has 0 aliphatic rings. The van der Waals surface area contributed by atoms with E-state index < -0.39 is 18.2 Å².